The topological polar surface area (TPSA) is 69.6 Å². The third-order valence-electron chi connectivity index (χ3n) is 13.0. The lowest BCUT2D eigenvalue weighted by Gasteiger charge is -2.22. The van der Waals surface area contributed by atoms with E-state index in [9.17, 15) is 15.0 Å². The van der Waals surface area contributed by atoms with Gasteiger partial charge in [-0.25, -0.2) is 0 Å². The Labute approximate surface area is 371 Å². The summed E-state index contributed by atoms with van der Waals surface area (Å²) < 4.78 is 0. The molecular formula is C55H109NO3. The van der Waals surface area contributed by atoms with Gasteiger partial charge in [-0.2, -0.15) is 0 Å². The maximum Gasteiger partial charge on any atom is 0.220 e. The predicted molar refractivity (Wildman–Crippen MR) is 263 cm³/mol. The van der Waals surface area contributed by atoms with Crippen LogP contribution in [0.15, 0.2) is 12.2 Å². The molecule has 0 aliphatic rings. The Hall–Kier alpha value is -0.870. The Morgan fingerprint density at radius 3 is 0.932 bits per heavy atom. The van der Waals surface area contributed by atoms with Crippen molar-refractivity contribution in [3.05, 3.63) is 12.2 Å². The third kappa shape index (κ3) is 48.0. The van der Waals surface area contributed by atoms with E-state index in [1.165, 1.54) is 263 Å². The molecule has 0 heterocycles. The fraction of sp³-hybridized carbons (Fsp3) is 0.945. The Kier molecular flexibility index (Phi) is 50.7. The van der Waals surface area contributed by atoms with Gasteiger partial charge in [-0.15, -0.1) is 0 Å². The highest BCUT2D eigenvalue weighted by Crippen LogP contribution is 2.18. The second-order valence-corrected chi connectivity index (χ2v) is 19.0. The fourth-order valence-electron chi connectivity index (χ4n) is 8.83. The number of aliphatic hydroxyl groups is 2. The lowest BCUT2D eigenvalue weighted by molar-refractivity contribution is -0.123. The maximum absolute atomic E-state index is 12.5. The molecule has 0 aliphatic carbocycles. The number of carbonyl (C=O) groups excluding carboxylic acids is 1. The summed E-state index contributed by atoms with van der Waals surface area (Å²) in [5.74, 6) is -0.0253. The molecule has 2 atom stereocenters. The molecular weight excluding hydrogens is 723 g/mol. The summed E-state index contributed by atoms with van der Waals surface area (Å²) in [6.07, 6.45) is 66.3. The summed E-state index contributed by atoms with van der Waals surface area (Å²) in [4.78, 5) is 12.5. The first-order valence-corrected chi connectivity index (χ1v) is 27.4. The van der Waals surface area contributed by atoms with Gasteiger partial charge in [-0.05, 0) is 38.5 Å². The number of rotatable bonds is 51. The second-order valence-electron chi connectivity index (χ2n) is 19.0. The quantitative estimate of drug-likeness (QED) is 0.0422. The largest absolute Gasteiger partial charge is 0.394 e. The molecule has 0 fully saturated rings. The van der Waals surface area contributed by atoms with Crippen molar-refractivity contribution in [2.45, 2.75) is 328 Å². The van der Waals surface area contributed by atoms with Gasteiger partial charge in [0.25, 0.3) is 0 Å². The van der Waals surface area contributed by atoms with Crippen LogP contribution >= 0.6 is 0 Å². The van der Waals surface area contributed by atoms with E-state index >= 15 is 0 Å². The second kappa shape index (κ2) is 51.5. The zero-order chi connectivity index (χ0) is 42.8. The molecule has 0 rings (SSSR count). The highest BCUT2D eigenvalue weighted by Gasteiger charge is 2.20. The summed E-state index contributed by atoms with van der Waals surface area (Å²) >= 11 is 0. The zero-order valence-corrected chi connectivity index (χ0v) is 40.6. The number of hydrogen-bond donors (Lipinski definition) is 3. The summed E-state index contributed by atoms with van der Waals surface area (Å²) in [6, 6.07) is -0.532. The van der Waals surface area contributed by atoms with Crippen molar-refractivity contribution >= 4 is 5.91 Å². The summed E-state index contributed by atoms with van der Waals surface area (Å²) in [5, 5.41) is 23.3. The van der Waals surface area contributed by atoms with E-state index in [2.05, 4.69) is 31.3 Å². The van der Waals surface area contributed by atoms with E-state index in [0.29, 0.717) is 12.8 Å². The molecule has 1 amide bonds. The maximum atomic E-state index is 12.5. The molecule has 0 aromatic rings. The number of aliphatic hydroxyl groups excluding tert-OH is 2. The van der Waals surface area contributed by atoms with Crippen molar-refractivity contribution in [2.24, 2.45) is 0 Å². The molecule has 3 N–H and O–H groups in total. The molecule has 2 unspecified atom stereocenters. The van der Waals surface area contributed by atoms with Crippen LogP contribution in [0.25, 0.3) is 0 Å². The van der Waals surface area contributed by atoms with Gasteiger partial charge in [0.1, 0.15) is 0 Å². The number of unbranched alkanes of at least 4 members (excludes halogenated alkanes) is 42. The number of carbonyl (C=O) groups is 1. The average Bonchev–Trinajstić information content (AvgIpc) is 3.24. The van der Waals surface area contributed by atoms with Crippen LogP contribution in [0.5, 0.6) is 0 Å². The Morgan fingerprint density at radius 2 is 0.644 bits per heavy atom. The standard InChI is InChI=1S/C55H109NO3/c1-3-5-7-9-11-13-15-17-19-21-22-23-24-25-26-27-28-29-30-31-32-33-34-35-37-39-41-43-45-47-49-51-55(59)56-53(52-57)54(58)50-48-46-44-42-40-38-36-20-18-16-14-12-10-8-6-4-2/h25-26,53-54,57-58H,3-24,27-52H2,1-2H3,(H,56,59)/b26-25-. The normalized spacial score (nSPS) is 12.8. The van der Waals surface area contributed by atoms with E-state index in [4.69, 9.17) is 0 Å². The van der Waals surface area contributed by atoms with Gasteiger partial charge in [-0.1, -0.05) is 283 Å². The van der Waals surface area contributed by atoms with Crippen LogP contribution < -0.4 is 5.32 Å². The Balaban J connectivity index is 3.40. The molecule has 4 heteroatoms. The van der Waals surface area contributed by atoms with Gasteiger partial charge in [0.05, 0.1) is 18.8 Å². The van der Waals surface area contributed by atoms with Crippen molar-refractivity contribution in [2.75, 3.05) is 6.61 Å². The first kappa shape index (κ1) is 58.1. The van der Waals surface area contributed by atoms with E-state index in [1.54, 1.807) is 0 Å². The van der Waals surface area contributed by atoms with Gasteiger partial charge in [-0.3, -0.25) is 4.79 Å². The molecule has 0 bridgehead atoms. The lowest BCUT2D eigenvalue weighted by Crippen LogP contribution is -2.45. The van der Waals surface area contributed by atoms with Crippen molar-refractivity contribution in [1.29, 1.82) is 0 Å². The monoisotopic (exact) mass is 832 g/mol. The molecule has 4 nitrogen and oxygen atoms in total. The number of hydrogen-bond acceptors (Lipinski definition) is 3. The summed E-state index contributed by atoms with van der Waals surface area (Å²) in [5.41, 5.74) is 0. The number of amides is 1. The van der Waals surface area contributed by atoms with Crippen LogP contribution in [0.1, 0.15) is 316 Å². The van der Waals surface area contributed by atoms with Crippen LogP contribution in [0.3, 0.4) is 0 Å². The van der Waals surface area contributed by atoms with E-state index < -0.39 is 12.1 Å². The Bertz CT molecular complexity index is 814. The lowest BCUT2D eigenvalue weighted by atomic mass is 10.0. The number of nitrogens with one attached hydrogen (secondary N) is 1. The van der Waals surface area contributed by atoms with Crippen molar-refractivity contribution in [3.63, 3.8) is 0 Å². The molecule has 0 saturated carbocycles. The van der Waals surface area contributed by atoms with E-state index in [-0.39, 0.29) is 12.5 Å². The molecule has 0 aromatic carbocycles. The molecule has 59 heavy (non-hydrogen) atoms. The van der Waals surface area contributed by atoms with Crippen LogP contribution in [-0.4, -0.2) is 34.9 Å². The molecule has 0 radical (unpaired) electrons. The van der Waals surface area contributed by atoms with Gasteiger partial charge in [0.2, 0.25) is 5.91 Å². The first-order valence-electron chi connectivity index (χ1n) is 27.4. The summed E-state index contributed by atoms with van der Waals surface area (Å²) in [6.45, 7) is 4.39. The number of allylic oxidation sites excluding steroid dienone is 2. The minimum absolute atomic E-state index is 0.0253. The smallest absolute Gasteiger partial charge is 0.220 e. The van der Waals surface area contributed by atoms with Gasteiger partial charge in [0.15, 0.2) is 0 Å². The van der Waals surface area contributed by atoms with Gasteiger partial charge in [0, 0.05) is 6.42 Å². The minimum Gasteiger partial charge on any atom is -0.394 e. The molecule has 0 spiro atoms. The highest BCUT2D eigenvalue weighted by molar-refractivity contribution is 5.76. The molecule has 0 aliphatic heterocycles. The highest BCUT2D eigenvalue weighted by atomic mass is 16.3. The SMILES string of the molecule is CCCCCCCCCCCCCC/C=C\CCCCCCCCCCCCCCCCCC(=O)NC(CO)C(O)CCCCCCCCCCCCCCCCCC. The van der Waals surface area contributed by atoms with E-state index in [1.807, 2.05) is 0 Å². The van der Waals surface area contributed by atoms with E-state index in [0.717, 1.165) is 25.7 Å². The van der Waals surface area contributed by atoms with Crippen molar-refractivity contribution < 1.29 is 15.0 Å². The zero-order valence-electron chi connectivity index (χ0n) is 40.6. The third-order valence-corrected chi connectivity index (χ3v) is 13.0. The van der Waals surface area contributed by atoms with Crippen molar-refractivity contribution in [3.8, 4) is 0 Å². The van der Waals surface area contributed by atoms with Crippen LogP contribution in [0, 0.1) is 0 Å². The summed E-state index contributed by atoms with van der Waals surface area (Å²) in [7, 11) is 0. The Morgan fingerprint density at radius 1 is 0.390 bits per heavy atom. The van der Waals surface area contributed by atoms with Gasteiger partial charge >= 0.3 is 0 Å². The van der Waals surface area contributed by atoms with Crippen LogP contribution in [0.4, 0.5) is 0 Å². The fourth-order valence-corrected chi connectivity index (χ4v) is 8.83. The molecule has 352 valence electrons. The molecule has 0 saturated heterocycles. The van der Waals surface area contributed by atoms with Crippen LogP contribution in [-0.2, 0) is 4.79 Å². The first-order chi connectivity index (χ1) is 29.2. The van der Waals surface area contributed by atoms with Crippen LogP contribution in [0.2, 0.25) is 0 Å². The molecule has 0 aromatic heterocycles. The van der Waals surface area contributed by atoms with Crippen molar-refractivity contribution in [1.82, 2.24) is 5.32 Å². The van der Waals surface area contributed by atoms with Gasteiger partial charge < -0.3 is 15.5 Å². The predicted octanol–water partition coefficient (Wildman–Crippen LogP) is 17.8. The minimum atomic E-state index is -0.656. The average molecular weight is 832 g/mol.